The van der Waals surface area contributed by atoms with Gasteiger partial charge in [0.25, 0.3) is 0 Å². The molecule has 1 aromatic rings. The van der Waals surface area contributed by atoms with Crippen LogP contribution in [-0.2, 0) is 20.7 Å². The molecule has 22 heavy (non-hydrogen) atoms. The highest BCUT2D eigenvalue weighted by atomic mass is 16.5. The van der Waals surface area contributed by atoms with Crippen LogP contribution in [0.1, 0.15) is 19.4 Å². The molecule has 0 saturated heterocycles. The lowest BCUT2D eigenvalue weighted by Gasteiger charge is -2.21. The van der Waals surface area contributed by atoms with E-state index in [1.807, 2.05) is 30.3 Å². The number of hydrogen-bond acceptors (Lipinski definition) is 4. The first kappa shape index (κ1) is 17.9. The predicted octanol–water partition coefficient (Wildman–Crippen LogP) is 1.46. The van der Waals surface area contributed by atoms with Gasteiger partial charge < -0.3 is 15.2 Å². The van der Waals surface area contributed by atoms with E-state index in [0.29, 0.717) is 6.42 Å². The molecule has 0 spiro atoms. The zero-order valence-corrected chi connectivity index (χ0v) is 13.0. The van der Waals surface area contributed by atoms with Crippen molar-refractivity contribution in [3.05, 3.63) is 48.6 Å². The summed E-state index contributed by atoms with van der Waals surface area (Å²) in [7, 11) is 0. The normalized spacial score (nSPS) is 14.5. The lowest BCUT2D eigenvalue weighted by atomic mass is 10.0. The largest absolute Gasteiger partial charge is 0.464 e. The molecule has 2 N–H and O–H groups in total. The van der Waals surface area contributed by atoms with Gasteiger partial charge in [-0.1, -0.05) is 36.4 Å². The maximum Gasteiger partial charge on any atom is 0.328 e. The van der Waals surface area contributed by atoms with Crippen molar-refractivity contribution in [1.29, 1.82) is 0 Å². The van der Waals surface area contributed by atoms with Gasteiger partial charge in [0.05, 0.1) is 18.6 Å². The SMILES string of the molecule is C=CC(C(=O)N[C@@H](Cc1ccccc1)C(=O)OCC)C(C)O. The molecule has 0 saturated carbocycles. The Labute approximate surface area is 131 Å². The molecule has 0 aromatic heterocycles. The van der Waals surface area contributed by atoms with Crippen LogP contribution in [-0.4, -0.2) is 35.7 Å². The summed E-state index contributed by atoms with van der Waals surface area (Å²) >= 11 is 0. The first-order valence-electron chi connectivity index (χ1n) is 7.31. The first-order valence-corrected chi connectivity index (χ1v) is 7.31. The molecule has 0 aliphatic rings. The second kappa shape index (κ2) is 9.00. The number of carbonyl (C=O) groups is 2. The van der Waals surface area contributed by atoms with Crippen molar-refractivity contribution in [2.24, 2.45) is 5.92 Å². The number of rotatable bonds is 8. The second-order valence-corrected chi connectivity index (χ2v) is 5.01. The highest BCUT2D eigenvalue weighted by Crippen LogP contribution is 2.09. The molecule has 0 heterocycles. The molecule has 0 fully saturated rings. The minimum absolute atomic E-state index is 0.237. The number of esters is 1. The van der Waals surface area contributed by atoms with Crippen molar-refractivity contribution >= 4 is 11.9 Å². The van der Waals surface area contributed by atoms with E-state index < -0.39 is 29.9 Å². The Morgan fingerprint density at radius 3 is 2.50 bits per heavy atom. The van der Waals surface area contributed by atoms with Crippen molar-refractivity contribution in [3.63, 3.8) is 0 Å². The Morgan fingerprint density at radius 1 is 1.36 bits per heavy atom. The maximum atomic E-state index is 12.2. The number of aliphatic hydroxyl groups is 1. The van der Waals surface area contributed by atoms with Gasteiger partial charge >= 0.3 is 5.97 Å². The average Bonchev–Trinajstić information content (AvgIpc) is 2.48. The molecule has 2 unspecified atom stereocenters. The minimum Gasteiger partial charge on any atom is -0.464 e. The Hall–Kier alpha value is -2.14. The van der Waals surface area contributed by atoms with Gasteiger partial charge in [-0.3, -0.25) is 4.79 Å². The summed E-state index contributed by atoms with van der Waals surface area (Å²) in [6, 6.07) is 8.55. The average molecular weight is 305 g/mol. The lowest BCUT2D eigenvalue weighted by Crippen LogP contribution is -2.47. The maximum absolute atomic E-state index is 12.2. The quantitative estimate of drug-likeness (QED) is 0.563. The molecule has 1 rings (SSSR count). The summed E-state index contributed by atoms with van der Waals surface area (Å²) in [5.41, 5.74) is 0.910. The first-order chi connectivity index (χ1) is 10.5. The standard InChI is InChI=1S/C17H23NO4/c1-4-14(12(3)19)16(20)18-15(17(21)22-5-2)11-13-9-7-6-8-10-13/h4,6-10,12,14-15,19H,1,5,11H2,2-3H3,(H,18,20)/t12?,14?,15-/m0/s1. The highest BCUT2D eigenvalue weighted by Gasteiger charge is 2.27. The van der Waals surface area contributed by atoms with Crippen LogP contribution < -0.4 is 5.32 Å². The lowest BCUT2D eigenvalue weighted by molar-refractivity contribution is -0.148. The van der Waals surface area contributed by atoms with Crippen molar-refractivity contribution in [2.45, 2.75) is 32.4 Å². The molecule has 0 bridgehead atoms. The summed E-state index contributed by atoms with van der Waals surface area (Å²) in [6.45, 7) is 6.99. The van der Waals surface area contributed by atoms with Crippen LogP contribution in [0.25, 0.3) is 0 Å². The van der Waals surface area contributed by atoms with Crippen molar-refractivity contribution in [3.8, 4) is 0 Å². The molecule has 3 atom stereocenters. The minimum atomic E-state index is -0.878. The molecule has 0 aliphatic carbocycles. The van der Waals surface area contributed by atoms with Crippen molar-refractivity contribution < 1.29 is 19.4 Å². The molecule has 0 radical (unpaired) electrons. The highest BCUT2D eigenvalue weighted by molar-refractivity contribution is 5.87. The van der Waals surface area contributed by atoms with Gasteiger partial charge in [0.1, 0.15) is 6.04 Å². The number of nitrogens with one attached hydrogen (secondary N) is 1. The van der Waals surface area contributed by atoms with Gasteiger partial charge in [-0.25, -0.2) is 4.79 Å². The van der Waals surface area contributed by atoms with E-state index in [0.717, 1.165) is 5.56 Å². The summed E-state index contributed by atoms with van der Waals surface area (Å²) in [6.07, 6.45) is 0.817. The number of benzene rings is 1. The number of aliphatic hydroxyl groups excluding tert-OH is 1. The van der Waals surface area contributed by atoms with Crippen LogP contribution in [0.3, 0.4) is 0 Å². The third-order valence-electron chi connectivity index (χ3n) is 3.25. The van der Waals surface area contributed by atoms with Crippen LogP contribution in [0.5, 0.6) is 0 Å². The number of amides is 1. The van der Waals surface area contributed by atoms with Crippen LogP contribution in [0, 0.1) is 5.92 Å². The van der Waals surface area contributed by atoms with E-state index in [1.165, 1.54) is 13.0 Å². The van der Waals surface area contributed by atoms with Crippen LogP contribution in [0.15, 0.2) is 43.0 Å². The van der Waals surface area contributed by atoms with Gasteiger partial charge in [-0.05, 0) is 19.4 Å². The Balaban J connectivity index is 2.84. The van der Waals surface area contributed by atoms with Gasteiger partial charge in [0, 0.05) is 6.42 Å². The molecule has 120 valence electrons. The van der Waals surface area contributed by atoms with E-state index in [-0.39, 0.29) is 6.61 Å². The van der Waals surface area contributed by atoms with Gasteiger partial charge in [0.15, 0.2) is 0 Å². The summed E-state index contributed by atoms with van der Waals surface area (Å²) in [5, 5.41) is 12.2. The third-order valence-corrected chi connectivity index (χ3v) is 3.25. The van der Waals surface area contributed by atoms with Crippen LogP contribution in [0.2, 0.25) is 0 Å². The second-order valence-electron chi connectivity index (χ2n) is 5.01. The zero-order chi connectivity index (χ0) is 16.5. The third kappa shape index (κ3) is 5.33. The molecule has 1 aromatic carbocycles. The van der Waals surface area contributed by atoms with Gasteiger partial charge in [0.2, 0.25) is 5.91 Å². The fourth-order valence-corrected chi connectivity index (χ4v) is 2.08. The van der Waals surface area contributed by atoms with E-state index in [1.54, 1.807) is 6.92 Å². The van der Waals surface area contributed by atoms with Crippen LogP contribution in [0.4, 0.5) is 0 Å². The number of ether oxygens (including phenoxy) is 1. The summed E-state index contributed by atoms with van der Waals surface area (Å²) in [5.74, 6) is -1.71. The fraction of sp³-hybridized carbons (Fsp3) is 0.412. The van der Waals surface area contributed by atoms with E-state index in [4.69, 9.17) is 4.74 Å². The summed E-state index contributed by atoms with van der Waals surface area (Å²) < 4.78 is 5.01. The van der Waals surface area contributed by atoms with Crippen molar-refractivity contribution in [1.82, 2.24) is 5.32 Å². The number of carbonyl (C=O) groups excluding carboxylic acids is 2. The monoisotopic (exact) mass is 305 g/mol. The summed E-state index contributed by atoms with van der Waals surface area (Å²) in [4.78, 5) is 24.2. The van der Waals surface area contributed by atoms with Crippen LogP contribution >= 0.6 is 0 Å². The molecule has 5 heteroatoms. The van der Waals surface area contributed by atoms with E-state index in [2.05, 4.69) is 11.9 Å². The Kier molecular flexibility index (Phi) is 7.32. The molecule has 5 nitrogen and oxygen atoms in total. The Bertz CT molecular complexity index is 499. The van der Waals surface area contributed by atoms with Crippen molar-refractivity contribution in [2.75, 3.05) is 6.61 Å². The zero-order valence-electron chi connectivity index (χ0n) is 13.0. The van der Waals surface area contributed by atoms with E-state index >= 15 is 0 Å². The molecule has 1 amide bonds. The molecular weight excluding hydrogens is 282 g/mol. The van der Waals surface area contributed by atoms with E-state index in [9.17, 15) is 14.7 Å². The van der Waals surface area contributed by atoms with Gasteiger partial charge in [-0.2, -0.15) is 0 Å². The fourth-order valence-electron chi connectivity index (χ4n) is 2.08. The number of hydrogen-bond donors (Lipinski definition) is 2. The molecular formula is C17H23NO4. The predicted molar refractivity (Wildman–Crippen MR) is 84.1 cm³/mol. The smallest absolute Gasteiger partial charge is 0.328 e. The van der Waals surface area contributed by atoms with Gasteiger partial charge in [-0.15, -0.1) is 6.58 Å². The molecule has 0 aliphatic heterocycles. The Morgan fingerprint density at radius 2 is 2.00 bits per heavy atom. The topological polar surface area (TPSA) is 75.6 Å².